The molecule has 0 bridgehead atoms. The Labute approximate surface area is 163 Å². The van der Waals surface area contributed by atoms with Gasteiger partial charge < -0.3 is 15.2 Å². The largest absolute Gasteiger partial charge is 0.506 e. The molecule has 2 aromatic rings. The van der Waals surface area contributed by atoms with E-state index in [0.29, 0.717) is 18.2 Å². The van der Waals surface area contributed by atoms with Crippen molar-refractivity contribution in [3.05, 3.63) is 63.1 Å². The van der Waals surface area contributed by atoms with Crippen LogP contribution in [0.4, 0.5) is 0 Å². The van der Waals surface area contributed by atoms with Gasteiger partial charge in [0.15, 0.2) is 0 Å². The van der Waals surface area contributed by atoms with Crippen LogP contribution in [-0.4, -0.2) is 30.3 Å². The first-order valence-corrected chi connectivity index (χ1v) is 9.38. The normalized spacial score (nSPS) is 16.3. The van der Waals surface area contributed by atoms with E-state index in [1.165, 1.54) is 0 Å². The standard InChI is InChI=1S/C20H21Cl2NO3/c1-12(15-4-2-3-5-17(15)21)13-10-16(19(24)18(22)11-13)20(25)23-14-6-8-26-9-7-14/h2-5,10-12,14,24H,6-9H2,1H3,(H,23,25). The number of aromatic hydroxyl groups is 1. The van der Waals surface area contributed by atoms with Gasteiger partial charge in [-0.1, -0.05) is 48.3 Å². The number of halogens is 2. The van der Waals surface area contributed by atoms with Crippen LogP contribution < -0.4 is 5.32 Å². The predicted octanol–water partition coefficient (Wildman–Crippen LogP) is 4.76. The molecular weight excluding hydrogens is 373 g/mol. The number of carbonyl (C=O) groups is 1. The van der Waals surface area contributed by atoms with E-state index in [4.69, 9.17) is 27.9 Å². The van der Waals surface area contributed by atoms with Crippen molar-refractivity contribution in [1.82, 2.24) is 5.32 Å². The van der Waals surface area contributed by atoms with E-state index < -0.39 is 0 Å². The molecule has 3 rings (SSSR count). The number of ether oxygens (including phenoxy) is 1. The number of rotatable bonds is 4. The quantitative estimate of drug-likeness (QED) is 0.786. The lowest BCUT2D eigenvalue weighted by Gasteiger charge is -2.24. The molecule has 0 aromatic heterocycles. The maximum atomic E-state index is 12.7. The highest BCUT2D eigenvalue weighted by molar-refractivity contribution is 6.33. The number of benzene rings is 2. The molecule has 138 valence electrons. The zero-order valence-electron chi connectivity index (χ0n) is 14.5. The molecule has 0 aliphatic carbocycles. The lowest BCUT2D eigenvalue weighted by Crippen LogP contribution is -2.39. The summed E-state index contributed by atoms with van der Waals surface area (Å²) in [6.07, 6.45) is 1.52. The summed E-state index contributed by atoms with van der Waals surface area (Å²) in [5.74, 6) is -0.604. The van der Waals surface area contributed by atoms with Gasteiger partial charge >= 0.3 is 0 Å². The number of amides is 1. The first-order chi connectivity index (χ1) is 12.5. The third kappa shape index (κ3) is 4.14. The Kier molecular flexibility index (Phi) is 6.07. The minimum Gasteiger partial charge on any atom is -0.506 e. The Balaban J connectivity index is 1.89. The molecule has 0 spiro atoms. The Bertz CT molecular complexity index is 804. The monoisotopic (exact) mass is 393 g/mol. The van der Waals surface area contributed by atoms with Crippen LogP contribution in [0.3, 0.4) is 0 Å². The second-order valence-electron chi connectivity index (χ2n) is 6.50. The van der Waals surface area contributed by atoms with Crippen LogP contribution in [0.2, 0.25) is 10.0 Å². The summed E-state index contributed by atoms with van der Waals surface area (Å²) in [5, 5.41) is 14.0. The van der Waals surface area contributed by atoms with Gasteiger partial charge in [0.2, 0.25) is 0 Å². The van der Waals surface area contributed by atoms with Crippen LogP contribution in [0.25, 0.3) is 0 Å². The Morgan fingerprint density at radius 3 is 2.58 bits per heavy atom. The van der Waals surface area contributed by atoms with Gasteiger partial charge in [0.25, 0.3) is 5.91 Å². The molecule has 1 atom stereocenters. The van der Waals surface area contributed by atoms with Gasteiger partial charge in [-0.3, -0.25) is 4.79 Å². The second-order valence-corrected chi connectivity index (χ2v) is 7.32. The fourth-order valence-corrected chi connectivity index (χ4v) is 3.68. The highest BCUT2D eigenvalue weighted by atomic mass is 35.5. The van der Waals surface area contributed by atoms with E-state index in [-0.39, 0.29) is 34.2 Å². The van der Waals surface area contributed by atoms with Crippen molar-refractivity contribution < 1.29 is 14.6 Å². The summed E-state index contributed by atoms with van der Waals surface area (Å²) in [6, 6.07) is 11.0. The van der Waals surface area contributed by atoms with E-state index in [2.05, 4.69) is 5.32 Å². The van der Waals surface area contributed by atoms with Crippen LogP contribution in [-0.2, 0) is 4.74 Å². The van der Waals surface area contributed by atoms with Gasteiger partial charge in [-0.15, -0.1) is 0 Å². The van der Waals surface area contributed by atoms with Crippen molar-refractivity contribution in [3.63, 3.8) is 0 Å². The summed E-state index contributed by atoms with van der Waals surface area (Å²) >= 11 is 12.5. The molecular formula is C20H21Cl2NO3. The Morgan fingerprint density at radius 2 is 1.88 bits per heavy atom. The summed E-state index contributed by atoms with van der Waals surface area (Å²) in [6.45, 7) is 3.24. The van der Waals surface area contributed by atoms with Gasteiger partial charge in [-0.05, 0) is 42.2 Å². The van der Waals surface area contributed by atoms with Crippen molar-refractivity contribution in [2.24, 2.45) is 0 Å². The molecule has 1 amide bonds. The predicted molar refractivity (Wildman–Crippen MR) is 103 cm³/mol. The number of phenols is 1. The molecule has 6 heteroatoms. The number of nitrogens with one attached hydrogen (secondary N) is 1. The summed E-state index contributed by atoms with van der Waals surface area (Å²) < 4.78 is 5.31. The van der Waals surface area contributed by atoms with E-state index in [9.17, 15) is 9.90 Å². The van der Waals surface area contributed by atoms with Crippen LogP contribution in [0, 0.1) is 0 Å². The van der Waals surface area contributed by atoms with Crippen molar-refractivity contribution >= 4 is 29.1 Å². The number of carbonyl (C=O) groups excluding carboxylic acids is 1. The fraction of sp³-hybridized carbons (Fsp3) is 0.350. The molecule has 1 aliphatic rings. The first kappa shape index (κ1) is 19.0. The molecule has 1 fully saturated rings. The molecule has 1 heterocycles. The molecule has 1 aliphatic heterocycles. The zero-order chi connectivity index (χ0) is 18.7. The molecule has 0 saturated carbocycles. The molecule has 2 aromatic carbocycles. The van der Waals surface area contributed by atoms with Gasteiger partial charge in [0.05, 0.1) is 10.6 Å². The van der Waals surface area contributed by atoms with E-state index in [0.717, 1.165) is 24.0 Å². The van der Waals surface area contributed by atoms with E-state index in [1.54, 1.807) is 12.1 Å². The highest BCUT2D eigenvalue weighted by Crippen LogP contribution is 2.36. The zero-order valence-corrected chi connectivity index (χ0v) is 16.0. The molecule has 1 unspecified atom stereocenters. The Hall–Kier alpha value is -1.75. The van der Waals surface area contributed by atoms with Crippen LogP contribution in [0.1, 0.15) is 47.2 Å². The van der Waals surface area contributed by atoms with Crippen LogP contribution in [0.5, 0.6) is 5.75 Å². The first-order valence-electron chi connectivity index (χ1n) is 8.62. The van der Waals surface area contributed by atoms with Crippen molar-refractivity contribution in [3.8, 4) is 5.75 Å². The van der Waals surface area contributed by atoms with Crippen LogP contribution >= 0.6 is 23.2 Å². The Morgan fingerprint density at radius 1 is 1.19 bits per heavy atom. The lowest BCUT2D eigenvalue weighted by atomic mass is 9.91. The number of phenolic OH excluding ortho intramolecular Hbond substituents is 1. The number of hydrogen-bond donors (Lipinski definition) is 2. The third-order valence-electron chi connectivity index (χ3n) is 4.76. The minimum absolute atomic E-state index is 0.0408. The average molecular weight is 394 g/mol. The number of hydrogen-bond acceptors (Lipinski definition) is 3. The van der Waals surface area contributed by atoms with Crippen molar-refractivity contribution in [2.45, 2.75) is 31.7 Å². The topological polar surface area (TPSA) is 58.6 Å². The van der Waals surface area contributed by atoms with Gasteiger partial charge in [0, 0.05) is 30.2 Å². The van der Waals surface area contributed by atoms with Crippen molar-refractivity contribution in [1.29, 1.82) is 0 Å². The fourth-order valence-electron chi connectivity index (χ4n) is 3.15. The van der Waals surface area contributed by atoms with Crippen molar-refractivity contribution in [2.75, 3.05) is 13.2 Å². The van der Waals surface area contributed by atoms with Gasteiger partial charge in [-0.25, -0.2) is 0 Å². The minimum atomic E-state index is -0.329. The SMILES string of the molecule is CC(c1cc(Cl)c(O)c(C(=O)NC2CCOCC2)c1)c1ccccc1Cl. The molecule has 0 radical (unpaired) electrons. The molecule has 1 saturated heterocycles. The maximum Gasteiger partial charge on any atom is 0.255 e. The molecule has 26 heavy (non-hydrogen) atoms. The molecule has 2 N–H and O–H groups in total. The second kappa shape index (κ2) is 8.30. The summed E-state index contributed by atoms with van der Waals surface area (Å²) in [4.78, 5) is 12.7. The summed E-state index contributed by atoms with van der Waals surface area (Å²) in [7, 11) is 0. The van der Waals surface area contributed by atoms with E-state index in [1.807, 2.05) is 31.2 Å². The van der Waals surface area contributed by atoms with Gasteiger partial charge in [-0.2, -0.15) is 0 Å². The molecule has 4 nitrogen and oxygen atoms in total. The average Bonchev–Trinajstić information content (AvgIpc) is 2.64. The van der Waals surface area contributed by atoms with Crippen LogP contribution in [0.15, 0.2) is 36.4 Å². The lowest BCUT2D eigenvalue weighted by molar-refractivity contribution is 0.0695. The third-order valence-corrected chi connectivity index (χ3v) is 5.39. The smallest absolute Gasteiger partial charge is 0.255 e. The van der Waals surface area contributed by atoms with E-state index >= 15 is 0 Å². The maximum absolute atomic E-state index is 12.7. The highest BCUT2D eigenvalue weighted by Gasteiger charge is 2.22. The van der Waals surface area contributed by atoms with Gasteiger partial charge in [0.1, 0.15) is 5.75 Å². The summed E-state index contributed by atoms with van der Waals surface area (Å²) in [5.41, 5.74) is 1.93.